The van der Waals surface area contributed by atoms with Crippen molar-refractivity contribution in [3.05, 3.63) is 54.1 Å². The highest BCUT2D eigenvalue weighted by atomic mass is 32.2. The molecule has 0 spiro atoms. The summed E-state index contributed by atoms with van der Waals surface area (Å²) in [5.74, 6) is -0.757. The number of rotatable bonds is 5. The van der Waals surface area contributed by atoms with Crippen LogP contribution in [0.25, 0.3) is 0 Å². The number of ether oxygens (including phenoxy) is 1. The maximum Gasteiger partial charge on any atom is 0.264 e. The van der Waals surface area contributed by atoms with Gasteiger partial charge in [0, 0.05) is 7.05 Å². The van der Waals surface area contributed by atoms with E-state index in [9.17, 15) is 18.3 Å². The summed E-state index contributed by atoms with van der Waals surface area (Å²) in [5.41, 5.74) is 0.333. The summed E-state index contributed by atoms with van der Waals surface area (Å²) >= 11 is 0. The highest BCUT2D eigenvalue weighted by molar-refractivity contribution is 7.92. The van der Waals surface area contributed by atoms with E-state index in [2.05, 4.69) is 0 Å². The molecule has 0 aliphatic rings. The zero-order chi connectivity index (χ0) is 16.3. The van der Waals surface area contributed by atoms with E-state index in [1.54, 1.807) is 12.1 Å². The Balaban J connectivity index is 2.33. The Bertz CT molecular complexity index is 767. The molecule has 0 bridgehead atoms. The van der Waals surface area contributed by atoms with Crippen LogP contribution in [-0.2, 0) is 10.0 Å². The molecule has 0 aliphatic carbocycles. The third-order valence-electron chi connectivity index (χ3n) is 3.18. The Labute approximate surface area is 128 Å². The Kier molecular flexibility index (Phi) is 4.37. The third-order valence-corrected chi connectivity index (χ3v) is 4.98. The zero-order valence-electron chi connectivity index (χ0n) is 12.0. The van der Waals surface area contributed by atoms with Gasteiger partial charge in [-0.15, -0.1) is 0 Å². The molecular formula is C15H14NO5S-. The molecule has 0 saturated carbocycles. The first-order chi connectivity index (χ1) is 10.4. The average Bonchev–Trinajstić information content (AvgIpc) is 2.54. The van der Waals surface area contributed by atoms with E-state index in [1.807, 2.05) is 0 Å². The average molecular weight is 320 g/mol. The van der Waals surface area contributed by atoms with Crippen LogP contribution in [0.2, 0.25) is 0 Å². The van der Waals surface area contributed by atoms with Gasteiger partial charge in [-0.3, -0.25) is 4.31 Å². The van der Waals surface area contributed by atoms with Gasteiger partial charge in [-0.1, -0.05) is 12.1 Å². The van der Waals surface area contributed by atoms with Crippen LogP contribution >= 0.6 is 0 Å². The number of aromatic carboxylic acids is 1. The van der Waals surface area contributed by atoms with Crippen LogP contribution in [-0.4, -0.2) is 28.5 Å². The summed E-state index contributed by atoms with van der Waals surface area (Å²) < 4.78 is 31.1. The molecule has 2 aromatic rings. The Morgan fingerprint density at radius 2 is 1.59 bits per heavy atom. The van der Waals surface area contributed by atoms with Crippen LogP contribution in [0.3, 0.4) is 0 Å². The molecule has 0 amide bonds. The molecule has 0 N–H and O–H groups in total. The van der Waals surface area contributed by atoms with Crippen LogP contribution in [0.1, 0.15) is 10.4 Å². The van der Waals surface area contributed by atoms with Gasteiger partial charge < -0.3 is 14.6 Å². The van der Waals surface area contributed by atoms with Gasteiger partial charge in [-0.2, -0.15) is 0 Å². The standard InChI is InChI=1S/C15H15NO5S/c1-16(12-5-3-11(4-6-12)15(17)18)22(19,20)14-9-7-13(21-2)8-10-14/h3-10H,1-2H3,(H,17,18)/p-1. The highest BCUT2D eigenvalue weighted by Crippen LogP contribution is 2.23. The molecule has 0 aliphatic heterocycles. The lowest BCUT2D eigenvalue weighted by Crippen LogP contribution is -2.27. The van der Waals surface area contributed by atoms with Crippen molar-refractivity contribution in [2.75, 3.05) is 18.5 Å². The molecule has 0 atom stereocenters. The number of methoxy groups -OCH3 is 1. The summed E-state index contributed by atoms with van der Waals surface area (Å²) in [4.78, 5) is 10.8. The molecule has 0 unspecified atom stereocenters. The predicted molar refractivity (Wildman–Crippen MR) is 79.4 cm³/mol. The van der Waals surface area contributed by atoms with Gasteiger partial charge in [-0.25, -0.2) is 8.42 Å². The van der Waals surface area contributed by atoms with Gasteiger partial charge in [-0.05, 0) is 42.0 Å². The van der Waals surface area contributed by atoms with Gasteiger partial charge in [0.25, 0.3) is 10.0 Å². The maximum absolute atomic E-state index is 12.5. The summed E-state index contributed by atoms with van der Waals surface area (Å²) in [7, 11) is -0.844. The normalized spacial score (nSPS) is 11.0. The summed E-state index contributed by atoms with van der Waals surface area (Å²) in [5, 5.41) is 10.7. The lowest BCUT2D eigenvalue weighted by atomic mass is 10.2. The fourth-order valence-electron chi connectivity index (χ4n) is 1.85. The second-order valence-electron chi connectivity index (χ2n) is 4.48. The van der Waals surface area contributed by atoms with Crippen molar-refractivity contribution in [2.24, 2.45) is 0 Å². The van der Waals surface area contributed by atoms with Crippen molar-refractivity contribution >= 4 is 21.7 Å². The molecule has 2 rings (SSSR count). The van der Waals surface area contributed by atoms with Crippen LogP contribution in [0, 0.1) is 0 Å². The van der Waals surface area contributed by atoms with Gasteiger partial charge in [0.1, 0.15) is 5.75 Å². The summed E-state index contributed by atoms with van der Waals surface area (Å²) in [6, 6.07) is 11.4. The SMILES string of the molecule is COc1ccc(S(=O)(=O)N(C)c2ccc(C(=O)[O-])cc2)cc1. The Hall–Kier alpha value is -2.54. The van der Waals surface area contributed by atoms with Crippen molar-refractivity contribution < 1.29 is 23.1 Å². The molecule has 22 heavy (non-hydrogen) atoms. The largest absolute Gasteiger partial charge is 0.545 e. The number of hydrogen-bond acceptors (Lipinski definition) is 5. The molecule has 6 nitrogen and oxygen atoms in total. The first kappa shape index (κ1) is 15.8. The van der Waals surface area contributed by atoms with Crippen molar-refractivity contribution in [3.63, 3.8) is 0 Å². The van der Waals surface area contributed by atoms with E-state index >= 15 is 0 Å². The van der Waals surface area contributed by atoms with E-state index in [0.29, 0.717) is 11.4 Å². The van der Waals surface area contributed by atoms with Crippen molar-refractivity contribution in [3.8, 4) is 5.75 Å². The smallest absolute Gasteiger partial charge is 0.264 e. The fraction of sp³-hybridized carbons (Fsp3) is 0.133. The number of hydrogen-bond donors (Lipinski definition) is 0. The fourth-order valence-corrected chi connectivity index (χ4v) is 3.05. The maximum atomic E-state index is 12.5. The Morgan fingerprint density at radius 1 is 1.05 bits per heavy atom. The van der Waals surface area contributed by atoms with E-state index in [1.165, 1.54) is 50.6 Å². The second-order valence-corrected chi connectivity index (χ2v) is 6.45. The van der Waals surface area contributed by atoms with Crippen LogP contribution in [0.5, 0.6) is 5.75 Å². The topological polar surface area (TPSA) is 86.7 Å². The van der Waals surface area contributed by atoms with E-state index in [0.717, 1.165) is 4.31 Å². The van der Waals surface area contributed by atoms with E-state index < -0.39 is 16.0 Å². The number of anilines is 1. The molecule has 116 valence electrons. The van der Waals surface area contributed by atoms with Crippen LogP contribution < -0.4 is 14.1 Å². The first-order valence-corrected chi connectivity index (χ1v) is 7.74. The summed E-state index contributed by atoms with van der Waals surface area (Å²) in [6.07, 6.45) is 0. The molecular weight excluding hydrogens is 306 g/mol. The Morgan fingerprint density at radius 3 is 2.05 bits per heavy atom. The zero-order valence-corrected chi connectivity index (χ0v) is 12.8. The van der Waals surface area contributed by atoms with Crippen LogP contribution in [0.4, 0.5) is 5.69 Å². The monoisotopic (exact) mass is 320 g/mol. The molecule has 0 aromatic heterocycles. The lowest BCUT2D eigenvalue weighted by Gasteiger charge is -2.20. The third kappa shape index (κ3) is 3.04. The van der Waals surface area contributed by atoms with Crippen molar-refractivity contribution in [2.45, 2.75) is 4.90 Å². The number of carbonyl (C=O) groups excluding carboxylic acids is 1. The first-order valence-electron chi connectivity index (χ1n) is 6.30. The quantitative estimate of drug-likeness (QED) is 0.816. The lowest BCUT2D eigenvalue weighted by molar-refractivity contribution is -0.255. The molecule has 7 heteroatoms. The minimum absolute atomic E-state index is 0.0148. The van der Waals surface area contributed by atoms with Gasteiger partial charge >= 0.3 is 0 Å². The number of carboxylic acid groups (broad SMARTS) is 1. The summed E-state index contributed by atoms with van der Waals surface area (Å²) in [6.45, 7) is 0. The molecule has 0 saturated heterocycles. The van der Waals surface area contributed by atoms with Gasteiger partial charge in [0.2, 0.25) is 0 Å². The second kappa shape index (κ2) is 6.07. The van der Waals surface area contributed by atoms with Crippen molar-refractivity contribution in [1.82, 2.24) is 0 Å². The van der Waals surface area contributed by atoms with E-state index in [4.69, 9.17) is 4.74 Å². The number of carbonyl (C=O) groups is 1. The molecule has 2 aromatic carbocycles. The van der Waals surface area contributed by atoms with Crippen molar-refractivity contribution in [1.29, 1.82) is 0 Å². The predicted octanol–water partition coefficient (Wildman–Crippen LogP) is 0.884. The van der Waals surface area contributed by atoms with Gasteiger partial charge in [0.05, 0.1) is 23.7 Å². The molecule has 0 radical (unpaired) electrons. The van der Waals surface area contributed by atoms with E-state index in [-0.39, 0.29) is 10.5 Å². The van der Waals surface area contributed by atoms with Gasteiger partial charge in [0.15, 0.2) is 0 Å². The molecule has 0 heterocycles. The minimum Gasteiger partial charge on any atom is -0.545 e. The highest BCUT2D eigenvalue weighted by Gasteiger charge is 2.21. The molecule has 0 fully saturated rings. The van der Waals surface area contributed by atoms with Crippen LogP contribution in [0.15, 0.2) is 53.4 Å². The number of sulfonamides is 1. The minimum atomic E-state index is -3.74. The number of nitrogens with zero attached hydrogens (tertiary/aromatic N) is 1. The number of carboxylic acids is 1. The number of benzene rings is 2.